The van der Waals surface area contributed by atoms with Gasteiger partial charge in [0.2, 0.25) is 0 Å². The smallest absolute Gasteiger partial charge is 0.311 e. The van der Waals surface area contributed by atoms with E-state index in [1.807, 2.05) is 23.6 Å². The van der Waals surface area contributed by atoms with Crippen molar-refractivity contribution in [1.29, 1.82) is 0 Å². The summed E-state index contributed by atoms with van der Waals surface area (Å²) in [5.41, 5.74) is 1.50. The molecule has 0 radical (unpaired) electrons. The van der Waals surface area contributed by atoms with E-state index in [1.54, 1.807) is 14.2 Å². The Morgan fingerprint density at radius 1 is 1.24 bits per heavy atom. The molecule has 1 heterocycles. The fraction of sp³-hybridized carbons (Fsp3) is 0.286. The van der Waals surface area contributed by atoms with Crippen LogP contribution in [0, 0.1) is 0 Å². The number of nitrogens with zero attached hydrogens (tertiary/aromatic N) is 1. The number of ether oxygens (including phenoxy) is 3. The molecule has 0 aliphatic carbocycles. The van der Waals surface area contributed by atoms with E-state index in [0.717, 1.165) is 5.69 Å². The third-order valence-electron chi connectivity index (χ3n) is 2.74. The zero-order valence-corrected chi connectivity index (χ0v) is 12.8. The van der Waals surface area contributed by atoms with Gasteiger partial charge in [0.1, 0.15) is 0 Å². The van der Waals surface area contributed by atoms with E-state index in [1.165, 1.54) is 18.4 Å². The van der Waals surface area contributed by atoms with Crippen LogP contribution in [0.1, 0.15) is 5.69 Å². The highest BCUT2D eigenvalue weighted by molar-refractivity contribution is 7.13. The van der Waals surface area contributed by atoms with E-state index in [0.29, 0.717) is 22.3 Å². The number of thiazole rings is 1. The quantitative estimate of drug-likeness (QED) is 0.827. The summed E-state index contributed by atoms with van der Waals surface area (Å²) >= 11 is 1.42. The summed E-state index contributed by atoms with van der Waals surface area (Å²) in [4.78, 5) is 15.5. The third-order valence-corrected chi connectivity index (χ3v) is 3.55. The second-order valence-electron chi connectivity index (χ2n) is 4.09. The van der Waals surface area contributed by atoms with Crippen LogP contribution in [0.2, 0.25) is 0 Å². The molecule has 0 fully saturated rings. The summed E-state index contributed by atoms with van der Waals surface area (Å²) in [6.45, 7) is 0. The summed E-state index contributed by atoms with van der Waals surface area (Å²) in [6, 6.07) is 5.49. The van der Waals surface area contributed by atoms with E-state index in [4.69, 9.17) is 9.47 Å². The van der Waals surface area contributed by atoms with Crippen molar-refractivity contribution >= 4 is 28.1 Å². The first-order valence-corrected chi connectivity index (χ1v) is 7.04. The minimum Gasteiger partial charge on any atom is -0.493 e. The summed E-state index contributed by atoms with van der Waals surface area (Å²) in [5.74, 6) is 0.986. The topological polar surface area (TPSA) is 69.7 Å². The van der Waals surface area contributed by atoms with Crippen LogP contribution in [0.5, 0.6) is 11.5 Å². The number of carbonyl (C=O) groups excluding carboxylic acids is 1. The van der Waals surface area contributed by atoms with Crippen LogP contribution >= 0.6 is 11.3 Å². The number of hydrogen-bond donors (Lipinski definition) is 1. The maximum Gasteiger partial charge on any atom is 0.311 e. The highest BCUT2D eigenvalue weighted by Gasteiger charge is 2.09. The molecule has 2 rings (SSSR count). The molecule has 0 aliphatic rings. The van der Waals surface area contributed by atoms with E-state index < -0.39 is 0 Å². The van der Waals surface area contributed by atoms with Gasteiger partial charge in [-0.3, -0.25) is 4.79 Å². The maximum absolute atomic E-state index is 11.2. The highest BCUT2D eigenvalue weighted by atomic mass is 32.1. The van der Waals surface area contributed by atoms with Crippen molar-refractivity contribution in [3.05, 3.63) is 29.3 Å². The molecule has 21 heavy (non-hydrogen) atoms. The second kappa shape index (κ2) is 6.94. The molecule has 0 amide bonds. The molecule has 1 aromatic carbocycles. The average molecular weight is 308 g/mol. The van der Waals surface area contributed by atoms with Crippen molar-refractivity contribution < 1.29 is 19.0 Å². The lowest BCUT2D eigenvalue weighted by molar-refractivity contribution is -0.139. The normalized spacial score (nSPS) is 10.0. The van der Waals surface area contributed by atoms with Gasteiger partial charge in [-0.1, -0.05) is 0 Å². The molecular formula is C14H16N2O4S. The number of hydrogen-bond acceptors (Lipinski definition) is 7. The molecule has 0 saturated carbocycles. The molecule has 0 atom stereocenters. The lowest BCUT2D eigenvalue weighted by Crippen LogP contribution is -2.04. The molecule has 1 N–H and O–H groups in total. The van der Waals surface area contributed by atoms with Gasteiger partial charge in [-0.25, -0.2) is 4.98 Å². The molecule has 1 aromatic heterocycles. The molecular weight excluding hydrogens is 292 g/mol. The van der Waals surface area contributed by atoms with E-state index in [9.17, 15) is 4.79 Å². The van der Waals surface area contributed by atoms with E-state index in [2.05, 4.69) is 15.0 Å². The number of esters is 1. The fourth-order valence-corrected chi connectivity index (χ4v) is 2.43. The Kier molecular flexibility index (Phi) is 4.99. The van der Waals surface area contributed by atoms with Gasteiger partial charge in [0.15, 0.2) is 16.6 Å². The standard InChI is InChI=1S/C14H16N2O4S/c1-18-11-5-4-9(6-12(11)19-2)15-14-16-10(8-21-14)7-13(17)20-3/h4-6,8H,7H2,1-3H3,(H,15,16). The molecule has 0 saturated heterocycles. The monoisotopic (exact) mass is 308 g/mol. The molecule has 112 valence electrons. The number of methoxy groups -OCH3 is 3. The number of carbonyl (C=O) groups is 1. The van der Waals surface area contributed by atoms with Crippen molar-refractivity contribution in [3.8, 4) is 11.5 Å². The lowest BCUT2D eigenvalue weighted by atomic mass is 10.3. The second-order valence-corrected chi connectivity index (χ2v) is 4.95. The van der Waals surface area contributed by atoms with Crippen molar-refractivity contribution in [2.24, 2.45) is 0 Å². The predicted molar refractivity (Wildman–Crippen MR) is 80.7 cm³/mol. The van der Waals surface area contributed by atoms with E-state index in [-0.39, 0.29) is 12.4 Å². The molecule has 0 spiro atoms. The number of rotatable bonds is 6. The van der Waals surface area contributed by atoms with Gasteiger partial charge in [0.05, 0.1) is 33.4 Å². The van der Waals surface area contributed by atoms with Gasteiger partial charge in [-0.15, -0.1) is 11.3 Å². The van der Waals surface area contributed by atoms with Gasteiger partial charge in [-0.05, 0) is 12.1 Å². The Morgan fingerprint density at radius 3 is 2.67 bits per heavy atom. The van der Waals surface area contributed by atoms with Crippen molar-refractivity contribution in [1.82, 2.24) is 4.98 Å². The van der Waals surface area contributed by atoms with Gasteiger partial charge < -0.3 is 19.5 Å². The molecule has 2 aromatic rings. The average Bonchev–Trinajstić information content (AvgIpc) is 2.93. The zero-order chi connectivity index (χ0) is 15.2. The summed E-state index contributed by atoms with van der Waals surface area (Å²) < 4.78 is 15.0. The van der Waals surface area contributed by atoms with Crippen LogP contribution in [0.4, 0.5) is 10.8 Å². The maximum atomic E-state index is 11.2. The molecule has 7 heteroatoms. The first kappa shape index (κ1) is 15.1. The molecule has 0 aliphatic heterocycles. The molecule has 6 nitrogen and oxygen atoms in total. The summed E-state index contributed by atoms with van der Waals surface area (Å²) in [6.07, 6.45) is 0.167. The Hall–Kier alpha value is -2.28. The Labute approximate surface area is 126 Å². The SMILES string of the molecule is COC(=O)Cc1csc(Nc2ccc(OC)c(OC)c2)n1. The van der Waals surface area contributed by atoms with Crippen LogP contribution < -0.4 is 14.8 Å². The Bertz CT molecular complexity index is 627. The van der Waals surface area contributed by atoms with Gasteiger partial charge >= 0.3 is 5.97 Å². The Morgan fingerprint density at radius 2 is 2.00 bits per heavy atom. The third kappa shape index (κ3) is 3.85. The summed E-state index contributed by atoms with van der Waals surface area (Å²) in [5, 5.41) is 5.68. The summed E-state index contributed by atoms with van der Waals surface area (Å²) in [7, 11) is 4.53. The largest absolute Gasteiger partial charge is 0.493 e. The van der Waals surface area contributed by atoms with Crippen LogP contribution in [-0.4, -0.2) is 32.3 Å². The van der Waals surface area contributed by atoms with Gasteiger partial charge in [0.25, 0.3) is 0 Å². The Balaban J connectivity index is 2.09. The number of aromatic nitrogens is 1. The van der Waals surface area contributed by atoms with Crippen LogP contribution in [0.15, 0.2) is 23.6 Å². The first-order chi connectivity index (χ1) is 10.2. The zero-order valence-electron chi connectivity index (χ0n) is 12.0. The van der Waals surface area contributed by atoms with Gasteiger partial charge in [0, 0.05) is 17.1 Å². The fourth-order valence-electron chi connectivity index (χ4n) is 1.70. The minimum absolute atomic E-state index is 0.167. The van der Waals surface area contributed by atoms with Crippen LogP contribution in [0.3, 0.4) is 0 Å². The number of anilines is 2. The lowest BCUT2D eigenvalue weighted by Gasteiger charge is -2.09. The predicted octanol–water partition coefficient (Wildman–Crippen LogP) is 2.62. The van der Waals surface area contributed by atoms with Crippen molar-refractivity contribution in [2.75, 3.05) is 26.6 Å². The van der Waals surface area contributed by atoms with Gasteiger partial charge in [-0.2, -0.15) is 0 Å². The number of nitrogens with one attached hydrogen (secondary N) is 1. The van der Waals surface area contributed by atoms with Crippen LogP contribution in [0.25, 0.3) is 0 Å². The van der Waals surface area contributed by atoms with Crippen LogP contribution in [-0.2, 0) is 16.0 Å². The minimum atomic E-state index is -0.307. The first-order valence-electron chi connectivity index (χ1n) is 6.16. The highest BCUT2D eigenvalue weighted by Crippen LogP contribution is 2.31. The van der Waals surface area contributed by atoms with E-state index >= 15 is 0 Å². The molecule has 0 unspecified atom stereocenters. The molecule has 0 bridgehead atoms. The number of benzene rings is 1. The van der Waals surface area contributed by atoms with Crippen molar-refractivity contribution in [3.63, 3.8) is 0 Å². The van der Waals surface area contributed by atoms with Crippen molar-refractivity contribution in [2.45, 2.75) is 6.42 Å².